The number of aryl methyl sites for hydroxylation is 1. The van der Waals surface area contributed by atoms with Gasteiger partial charge in [0.15, 0.2) is 0 Å². The maximum atomic E-state index is 13.3. The molecule has 7 nitrogen and oxygen atoms in total. The quantitative estimate of drug-likeness (QED) is 0.567. The normalized spacial score (nSPS) is 12.2. The molecule has 0 aromatic heterocycles. The second-order valence-corrected chi connectivity index (χ2v) is 9.94. The van der Waals surface area contributed by atoms with Gasteiger partial charge in [0.05, 0.1) is 11.9 Å². The second kappa shape index (κ2) is 11.3. The molecule has 9 heteroatoms. The third kappa shape index (κ3) is 6.97. The summed E-state index contributed by atoms with van der Waals surface area (Å²) in [5.41, 5.74) is 2.02. The van der Waals surface area contributed by atoms with Crippen LogP contribution in [0.5, 0.6) is 0 Å². The SMILES string of the molecule is CCNC(=O)[C@H](C)N(CCc1ccccc1)C(=O)CN(c1cc(Cl)ccc1C)S(C)(=O)=O. The van der Waals surface area contributed by atoms with Crippen LogP contribution in [0.15, 0.2) is 48.5 Å². The van der Waals surface area contributed by atoms with Crippen molar-refractivity contribution in [2.45, 2.75) is 33.2 Å². The lowest BCUT2D eigenvalue weighted by Crippen LogP contribution is -2.52. The van der Waals surface area contributed by atoms with Gasteiger partial charge in [-0.2, -0.15) is 0 Å². The molecule has 0 aliphatic carbocycles. The predicted octanol–water partition coefficient (Wildman–Crippen LogP) is 3.01. The Bertz CT molecular complexity index is 1040. The molecule has 1 atom stereocenters. The maximum absolute atomic E-state index is 13.3. The fourth-order valence-electron chi connectivity index (χ4n) is 3.34. The van der Waals surface area contributed by atoms with Gasteiger partial charge in [-0.15, -0.1) is 0 Å². The van der Waals surface area contributed by atoms with Crippen molar-refractivity contribution in [1.29, 1.82) is 0 Å². The van der Waals surface area contributed by atoms with Crippen molar-refractivity contribution in [2.75, 3.05) is 30.2 Å². The van der Waals surface area contributed by atoms with Gasteiger partial charge in [0, 0.05) is 18.1 Å². The zero-order valence-corrected chi connectivity index (χ0v) is 20.4. The van der Waals surface area contributed by atoms with Gasteiger partial charge < -0.3 is 10.2 Å². The molecule has 0 unspecified atom stereocenters. The Morgan fingerprint density at radius 1 is 1.12 bits per heavy atom. The smallest absolute Gasteiger partial charge is 0.244 e. The largest absolute Gasteiger partial charge is 0.355 e. The van der Waals surface area contributed by atoms with E-state index in [9.17, 15) is 18.0 Å². The summed E-state index contributed by atoms with van der Waals surface area (Å²) in [5.74, 6) is -0.761. The molecule has 0 saturated carbocycles. The molecule has 174 valence electrons. The average molecular weight is 480 g/mol. The van der Waals surface area contributed by atoms with Gasteiger partial charge in [0.1, 0.15) is 12.6 Å². The number of hydrogen-bond donors (Lipinski definition) is 1. The van der Waals surface area contributed by atoms with Crippen LogP contribution >= 0.6 is 11.6 Å². The first-order valence-corrected chi connectivity index (χ1v) is 12.6. The molecule has 2 aromatic rings. The van der Waals surface area contributed by atoms with Gasteiger partial charge in [-0.25, -0.2) is 8.42 Å². The van der Waals surface area contributed by atoms with E-state index in [1.54, 1.807) is 32.9 Å². The first-order valence-electron chi connectivity index (χ1n) is 10.4. The topological polar surface area (TPSA) is 86.8 Å². The lowest BCUT2D eigenvalue weighted by Gasteiger charge is -2.31. The van der Waals surface area contributed by atoms with Gasteiger partial charge in [-0.1, -0.05) is 48.0 Å². The highest BCUT2D eigenvalue weighted by atomic mass is 35.5. The summed E-state index contributed by atoms with van der Waals surface area (Å²) in [6.07, 6.45) is 1.58. The van der Waals surface area contributed by atoms with Gasteiger partial charge in [-0.3, -0.25) is 13.9 Å². The molecule has 0 aliphatic rings. The number of nitrogens with one attached hydrogen (secondary N) is 1. The van der Waals surface area contributed by atoms with Crippen LogP contribution in [-0.2, 0) is 26.0 Å². The van der Waals surface area contributed by atoms with Crippen molar-refractivity contribution in [3.63, 3.8) is 0 Å². The van der Waals surface area contributed by atoms with E-state index < -0.39 is 28.5 Å². The summed E-state index contributed by atoms with van der Waals surface area (Å²) in [5, 5.41) is 3.09. The molecule has 2 aromatic carbocycles. The highest BCUT2D eigenvalue weighted by molar-refractivity contribution is 7.92. The highest BCUT2D eigenvalue weighted by Crippen LogP contribution is 2.26. The fourth-order valence-corrected chi connectivity index (χ4v) is 4.40. The predicted molar refractivity (Wildman–Crippen MR) is 128 cm³/mol. The Hall–Kier alpha value is -2.58. The molecule has 2 rings (SSSR count). The van der Waals surface area contributed by atoms with Gasteiger partial charge in [0.2, 0.25) is 21.8 Å². The number of carbonyl (C=O) groups is 2. The summed E-state index contributed by atoms with van der Waals surface area (Å²) in [7, 11) is -3.78. The second-order valence-electron chi connectivity index (χ2n) is 7.59. The molecule has 0 radical (unpaired) electrons. The number of benzene rings is 2. The number of anilines is 1. The molecule has 0 bridgehead atoms. The minimum absolute atomic E-state index is 0.271. The Labute approximate surface area is 195 Å². The van der Waals surface area contributed by atoms with Gasteiger partial charge >= 0.3 is 0 Å². The van der Waals surface area contributed by atoms with E-state index in [1.165, 1.54) is 11.0 Å². The van der Waals surface area contributed by atoms with Crippen LogP contribution in [-0.4, -0.2) is 57.1 Å². The lowest BCUT2D eigenvalue weighted by atomic mass is 10.1. The summed E-state index contributed by atoms with van der Waals surface area (Å²) >= 11 is 6.08. The van der Waals surface area contributed by atoms with E-state index in [1.807, 2.05) is 30.3 Å². The minimum atomic E-state index is -3.78. The van der Waals surface area contributed by atoms with Crippen molar-refractivity contribution < 1.29 is 18.0 Å². The minimum Gasteiger partial charge on any atom is -0.355 e. The summed E-state index contributed by atoms with van der Waals surface area (Å²) in [6.45, 7) is 5.46. The van der Waals surface area contributed by atoms with Crippen LogP contribution in [0.25, 0.3) is 0 Å². The van der Waals surface area contributed by atoms with Crippen molar-refractivity contribution in [3.8, 4) is 0 Å². The summed E-state index contributed by atoms with van der Waals surface area (Å²) in [4.78, 5) is 27.3. The highest BCUT2D eigenvalue weighted by Gasteiger charge is 2.30. The molecule has 2 amide bonds. The first-order chi connectivity index (χ1) is 15.0. The average Bonchev–Trinajstić information content (AvgIpc) is 2.74. The number of hydrogen-bond acceptors (Lipinski definition) is 4. The number of amides is 2. The maximum Gasteiger partial charge on any atom is 0.244 e. The van der Waals surface area contributed by atoms with Crippen LogP contribution in [0.3, 0.4) is 0 Å². The molecule has 1 N–H and O–H groups in total. The standard InChI is InChI=1S/C23H30ClN3O4S/c1-5-25-23(29)18(3)26(14-13-19-9-7-6-8-10-19)22(28)16-27(32(4,30)31)21-15-20(24)12-11-17(21)2/h6-12,15,18H,5,13-14,16H2,1-4H3,(H,25,29)/t18-/m0/s1. The van der Waals surface area contributed by atoms with Gasteiger partial charge in [0.25, 0.3) is 0 Å². The first kappa shape index (κ1) is 25.7. The number of sulfonamides is 1. The van der Waals surface area contributed by atoms with Crippen molar-refractivity contribution in [2.24, 2.45) is 0 Å². The van der Waals surface area contributed by atoms with Crippen LogP contribution in [0, 0.1) is 6.92 Å². The molecule has 0 heterocycles. The monoisotopic (exact) mass is 479 g/mol. The van der Waals surface area contributed by atoms with Crippen LogP contribution in [0.2, 0.25) is 5.02 Å². The molecule has 0 fully saturated rings. The van der Waals surface area contributed by atoms with E-state index in [2.05, 4.69) is 5.32 Å². The Morgan fingerprint density at radius 3 is 2.38 bits per heavy atom. The summed E-state index contributed by atoms with van der Waals surface area (Å²) in [6, 6.07) is 13.7. The Morgan fingerprint density at radius 2 is 1.78 bits per heavy atom. The number of likely N-dealkylation sites (N-methyl/N-ethyl adjacent to an activating group) is 1. The third-order valence-corrected chi connectivity index (χ3v) is 6.48. The number of halogens is 1. The fraction of sp³-hybridized carbons (Fsp3) is 0.391. The third-order valence-electron chi connectivity index (χ3n) is 5.12. The van der Waals surface area contributed by atoms with Crippen LogP contribution in [0.4, 0.5) is 5.69 Å². The lowest BCUT2D eigenvalue weighted by molar-refractivity contribution is -0.138. The van der Waals surface area contributed by atoms with Crippen LogP contribution in [0.1, 0.15) is 25.0 Å². The van der Waals surface area contributed by atoms with E-state index in [0.717, 1.165) is 16.1 Å². The van der Waals surface area contributed by atoms with Crippen LogP contribution < -0.4 is 9.62 Å². The molecule has 0 saturated heterocycles. The molecular formula is C23H30ClN3O4S. The molecule has 32 heavy (non-hydrogen) atoms. The van der Waals surface area contributed by atoms with Gasteiger partial charge in [-0.05, 0) is 50.5 Å². The Balaban J connectivity index is 2.34. The van der Waals surface area contributed by atoms with E-state index in [0.29, 0.717) is 29.2 Å². The Kier molecular flexibility index (Phi) is 9.09. The van der Waals surface area contributed by atoms with E-state index in [4.69, 9.17) is 11.6 Å². The summed E-state index contributed by atoms with van der Waals surface area (Å²) < 4.78 is 26.2. The molecule has 0 spiro atoms. The number of rotatable bonds is 10. The van der Waals surface area contributed by atoms with Crippen molar-refractivity contribution >= 4 is 39.1 Å². The van der Waals surface area contributed by atoms with E-state index >= 15 is 0 Å². The number of nitrogens with zero attached hydrogens (tertiary/aromatic N) is 2. The number of carbonyl (C=O) groups excluding carboxylic acids is 2. The van der Waals surface area contributed by atoms with Crippen molar-refractivity contribution in [1.82, 2.24) is 10.2 Å². The zero-order valence-electron chi connectivity index (χ0n) is 18.8. The molecular weight excluding hydrogens is 450 g/mol. The zero-order chi connectivity index (χ0) is 23.9. The molecule has 0 aliphatic heterocycles. The van der Waals surface area contributed by atoms with Crippen molar-refractivity contribution in [3.05, 3.63) is 64.7 Å². The van der Waals surface area contributed by atoms with E-state index in [-0.39, 0.29) is 12.5 Å².